The second-order valence-electron chi connectivity index (χ2n) is 4.61. The molecule has 2 aromatic carbocycles. The smallest absolute Gasteiger partial charge is 0.337 e. The monoisotopic (exact) mass is 373 g/mol. The van der Waals surface area contributed by atoms with E-state index in [9.17, 15) is 4.79 Å². The zero-order valence-corrected chi connectivity index (χ0v) is 14.1. The number of carbonyl (C=O) groups excluding carboxylic acids is 1. The molecule has 110 valence electrons. The van der Waals surface area contributed by atoms with E-state index in [-0.39, 0.29) is 5.97 Å². The summed E-state index contributed by atoms with van der Waals surface area (Å²) in [6.07, 6.45) is 0. The molecular formula is C17H12BrNO2S. The predicted molar refractivity (Wildman–Crippen MR) is 92.0 cm³/mol. The summed E-state index contributed by atoms with van der Waals surface area (Å²) in [6, 6.07) is 15.3. The van der Waals surface area contributed by atoms with Crippen LogP contribution in [0.15, 0.2) is 58.4 Å². The van der Waals surface area contributed by atoms with Crippen LogP contribution in [0, 0.1) is 0 Å². The maximum atomic E-state index is 11.4. The first-order chi connectivity index (χ1) is 10.7. The fraction of sp³-hybridized carbons (Fsp3) is 0.0588. The molecule has 0 fully saturated rings. The summed E-state index contributed by atoms with van der Waals surface area (Å²) in [6.45, 7) is 0. The van der Waals surface area contributed by atoms with Gasteiger partial charge in [-0.25, -0.2) is 9.78 Å². The molecule has 1 aromatic heterocycles. The first-order valence-electron chi connectivity index (χ1n) is 6.57. The van der Waals surface area contributed by atoms with Gasteiger partial charge in [-0.15, -0.1) is 11.3 Å². The van der Waals surface area contributed by atoms with Gasteiger partial charge in [0.25, 0.3) is 0 Å². The van der Waals surface area contributed by atoms with E-state index < -0.39 is 0 Å². The minimum atomic E-state index is -0.332. The largest absolute Gasteiger partial charge is 0.465 e. The number of halogens is 1. The van der Waals surface area contributed by atoms with Gasteiger partial charge in [-0.2, -0.15) is 0 Å². The van der Waals surface area contributed by atoms with Crippen LogP contribution in [0.25, 0.3) is 21.8 Å². The summed E-state index contributed by atoms with van der Waals surface area (Å²) in [4.78, 5) is 16.1. The van der Waals surface area contributed by atoms with Crippen molar-refractivity contribution in [2.24, 2.45) is 0 Å². The second kappa shape index (κ2) is 6.42. The van der Waals surface area contributed by atoms with Crippen LogP contribution in [0.3, 0.4) is 0 Å². The third-order valence-electron chi connectivity index (χ3n) is 3.20. The molecule has 3 aromatic rings. The standard InChI is InChI=1S/C17H12BrNO2S/c1-21-17(20)13-4-2-12(3-5-13)16-19-15(10-22-16)11-6-8-14(18)9-7-11/h2-10H,1H3. The van der Waals surface area contributed by atoms with Crippen LogP contribution in [0.1, 0.15) is 10.4 Å². The van der Waals surface area contributed by atoms with Gasteiger partial charge >= 0.3 is 5.97 Å². The Morgan fingerprint density at radius 3 is 2.32 bits per heavy atom. The first kappa shape index (κ1) is 14.9. The Morgan fingerprint density at radius 2 is 1.68 bits per heavy atom. The summed E-state index contributed by atoms with van der Waals surface area (Å²) in [5.41, 5.74) is 3.55. The van der Waals surface area contributed by atoms with Crippen molar-refractivity contribution in [3.05, 3.63) is 63.9 Å². The average molecular weight is 374 g/mol. The molecule has 3 rings (SSSR count). The number of thiazole rings is 1. The van der Waals surface area contributed by atoms with E-state index in [4.69, 9.17) is 4.74 Å². The first-order valence-corrected chi connectivity index (χ1v) is 8.25. The van der Waals surface area contributed by atoms with Gasteiger partial charge in [0, 0.05) is 21.0 Å². The lowest BCUT2D eigenvalue weighted by Gasteiger charge is -2.00. The van der Waals surface area contributed by atoms with Gasteiger partial charge in [0.1, 0.15) is 5.01 Å². The van der Waals surface area contributed by atoms with Gasteiger partial charge in [0.15, 0.2) is 0 Å². The van der Waals surface area contributed by atoms with E-state index in [1.807, 2.05) is 41.8 Å². The molecule has 0 bridgehead atoms. The van der Waals surface area contributed by atoms with Crippen molar-refractivity contribution >= 4 is 33.2 Å². The van der Waals surface area contributed by atoms with E-state index >= 15 is 0 Å². The SMILES string of the molecule is COC(=O)c1ccc(-c2nc(-c3ccc(Br)cc3)cs2)cc1. The molecule has 0 amide bonds. The molecule has 0 atom stereocenters. The molecule has 0 unspecified atom stereocenters. The molecule has 0 radical (unpaired) electrons. The maximum absolute atomic E-state index is 11.4. The number of nitrogens with zero attached hydrogens (tertiary/aromatic N) is 1. The van der Waals surface area contributed by atoms with Crippen molar-refractivity contribution < 1.29 is 9.53 Å². The topological polar surface area (TPSA) is 39.2 Å². The lowest BCUT2D eigenvalue weighted by atomic mass is 10.1. The summed E-state index contributed by atoms with van der Waals surface area (Å²) in [5.74, 6) is -0.332. The third-order valence-corrected chi connectivity index (χ3v) is 4.62. The van der Waals surface area contributed by atoms with Crippen LogP contribution in [-0.4, -0.2) is 18.1 Å². The van der Waals surface area contributed by atoms with Crippen molar-refractivity contribution in [2.45, 2.75) is 0 Å². The maximum Gasteiger partial charge on any atom is 0.337 e. The molecule has 0 N–H and O–H groups in total. The summed E-state index contributed by atoms with van der Waals surface area (Å²) in [7, 11) is 1.38. The van der Waals surface area contributed by atoms with E-state index in [2.05, 4.69) is 20.9 Å². The Morgan fingerprint density at radius 1 is 1.05 bits per heavy atom. The zero-order chi connectivity index (χ0) is 15.5. The number of hydrogen-bond acceptors (Lipinski definition) is 4. The Labute approximate surface area is 140 Å². The number of carbonyl (C=O) groups is 1. The summed E-state index contributed by atoms with van der Waals surface area (Å²) < 4.78 is 5.74. The van der Waals surface area contributed by atoms with Crippen molar-refractivity contribution in [2.75, 3.05) is 7.11 Å². The molecule has 5 heteroatoms. The molecule has 22 heavy (non-hydrogen) atoms. The van der Waals surface area contributed by atoms with Crippen molar-refractivity contribution in [1.82, 2.24) is 4.98 Å². The minimum absolute atomic E-state index is 0.332. The third kappa shape index (κ3) is 3.10. The van der Waals surface area contributed by atoms with Crippen LogP contribution in [-0.2, 0) is 4.74 Å². The average Bonchev–Trinajstić information content (AvgIpc) is 3.05. The predicted octanol–water partition coefficient (Wildman–Crippen LogP) is 5.03. The summed E-state index contributed by atoms with van der Waals surface area (Å²) >= 11 is 5.01. The molecule has 0 saturated carbocycles. The summed E-state index contributed by atoms with van der Waals surface area (Å²) in [5, 5.41) is 2.96. The fourth-order valence-electron chi connectivity index (χ4n) is 2.03. The van der Waals surface area contributed by atoms with Crippen LogP contribution in [0.2, 0.25) is 0 Å². The van der Waals surface area contributed by atoms with Gasteiger partial charge in [-0.3, -0.25) is 0 Å². The highest BCUT2D eigenvalue weighted by Crippen LogP contribution is 2.29. The number of aromatic nitrogens is 1. The zero-order valence-electron chi connectivity index (χ0n) is 11.7. The Hall–Kier alpha value is -1.98. The molecule has 0 saturated heterocycles. The number of rotatable bonds is 3. The normalized spacial score (nSPS) is 10.5. The molecule has 1 heterocycles. The van der Waals surface area contributed by atoms with Gasteiger partial charge in [0.2, 0.25) is 0 Å². The van der Waals surface area contributed by atoms with Gasteiger partial charge in [-0.1, -0.05) is 40.2 Å². The molecule has 0 aliphatic rings. The quantitative estimate of drug-likeness (QED) is 0.604. The van der Waals surface area contributed by atoms with Gasteiger partial charge in [0.05, 0.1) is 18.4 Å². The van der Waals surface area contributed by atoms with Crippen LogP contribution in [0.4, 0.5) is 0 Å². The highest BCUT2D eigenvalue weighted by atomic mass is 79.9. The van der Waals surface area contributed by atoms with E-state index in [1.165, 1.54) is 7.11 Å². The number of benzene rings is 2. The lowest BCUT2D eigenvalue weighted by molar-refractivity contribution is 0.0601. The van der Waals surface area contributed by atoms with Crippen molar-refractivity contribution in [1.29, 1.82) is 0 Å². The molecular weight excluding hydrogens is 362 g/mol. The number of hydrogen-bond donors (Lipinski definition) is 0. The Balaban J connectivity index is 1.87. The molecule has 3 nitrogen and oxygen atoms in total. The lowest BCUT2D eigenvalue weighted by Crippen LogP contribution is -2.00. The molecule has 0 aliphatic carbocycles. The van der Waals surface area contributed by atoms with Gasteiger partial charge in [-0.05, 0) is 24.3 Å². The fourth-order valence-corrected chi connectivity index (χ4v) is 3.13. The van der Waals surface area contributed by atoms with E-state index in [0.717, 1.165) is 26.3 Å². The van der Waals surface area contributed by atoms with E-state index in [0.29, 0.717) is 5.56 Å². The van der Waals surface area contributed by atoms with E-state index in [1.54, 1.807) is 23.5 Å². The number of methoxy groups -OCH3 is 1. The highest BCUT2D eigenvalue weighted by molar-refractivity contribution is 9.10. The van der Waals surface area contributed by atoms with Crippen LogP contribution >= 0.6 is 27.3 Å². The van der Waals surface area contributed by atoms with Crippen molar-refractivity contribution in [3.63, 3.8) is 0 Å². The highest BCUT2D eigenvalue weighted by Gasteiger charge is 2.09. The van der Waals surface area contributed by atoms with Crippen LogP contribution < -0.4 is 0 Å². The Bertz CT molecular complexity index is 794. The number of ether oxygens (including phenoxy) is 1. The van der Waals surface area contributed by atoms with Gasteiger partial charge < -0.3 is 4.74 Å². The van der Waals surface area contributed by atoms with Crippen LogP contribution in [0.5, 0.6) is 0 Å². The molecule has 0 aliphatic heterocycles. The Kier molecular flexibility index (Phi) is 4.36. The number of esters is 1. The van der Waals surface area contributed by atoms with Crippen molar-refractivity contribution in [3.8, 4) is 21.8 Å². The second-order valence-corrected chi connectivity index (χ2v) is 6.39. The molecule has 0 spiro atoms. The minimum Gasteiger partial charge on any atom is -0.465 e.